The fourth-order valence-corrected chi connectivity index (χ4v) is 1.77. The molecule has 0 aliphatic carbocycles. The average molecular weight is 302 g/mol. The van der Waals surface area contributed by atoms with Crippen molar-refractivity contribution in [2.24, 2.45) is 0 Å². The smallest absolute Gasteiger partial charge is 0.398 e. The maximum atomic E-state index is 12.5. The summed E-state index contributed by atoms with van der Waals surface area (Å²) in [4.78, 5) is 4.07. The Bertz CT molecular complexity index is 641. The van der Waals surface area contributed by atoms with Gasteiger partial charge in [-0.3, -0.25) is 0 Å². The Kier molecular flexibility index (Phi) is 3.76. The quantitative estimate of drug-likeness (QED) is 0.865. The van der Waals surface area contributed by atoms with Crippen LogP contribution in [-0.4, -0.2) is 4.98 Å². The van der Waals surface area contributed by atoms with Crippen LogP contribution in [0.4, 0.5) is 30.4 Å². The molecule has 106 valence electrons. The molecule has 0 radical (unpaired) electrons. The van der Waals surface area contributed by atoms with E-state index in [-0.39, 0.29) is 5.02 Å². The molecule has 0 unspecified atom stereocenters. The highest BCUT2D eigenvalue weighted by atomic mass is 35.5. The molecule has 0 saturated carbocycles. The molecule has 0 fully saturated rings. The lowest BCUT2D eigenvalue weighted by atomic mass is 10.2. The average Bonchev–Trinajstić information content (AvgIpc) is 2.35. The maximum Gasteiger partial charge on any atom is 0.416 e. The lowest BCUT2D eigenvalue weighted by Gasteiger charge is -2.12. The Labute approximate surface area is 118 Å². The third-order valence-corrected chi connectivity index (χ3v) is 3.02. The van der Waals surface area contributed by atoms with Crippen LogP contribution in [0.2, 0.25) is 5.02 Å². The molecular formula is C13H11ClF3N3. The number of nitrogen functional groups attached to an aromatic ring is 1. The van der Waals surface area contributed by atoms with Gasteiger partial charge in [0.25, 0.3) is 0 Å². The lowest BCUT2D eigenvalue weighted by Crippen LogP contribution is -2.05. The molecule has 0 saturated heterocycles. The van der Waals surface area contributed by atoms with Gasteiger partial charge in [-0.05, 0) is 30.7 Å². The van der Waals surface area contributed by atoms with Crippen molar-refractivity contribution in [1.82, 2.24) is 4.98 Å². The van der Waals surface area contributed by atoms with Gasteiger partial charge in [0.05, 0.1) is 16.3 Å². The predicted molar refractivity (Wildman–Crippen MR) is 73.1 cm³/mol. The zero-order valence-electron chi connectivity index (χ0n) is 10.4. The monoisotopic (exact) mass is 301 g/mol. The van der Waals surface area contributed by atoms with E-state index >= 15 is 0 Å². The molecule has 1 heterocycles. The first kappa shape index (κ1) is 14.5. The van der Waals surface area contributed by atoms with Gasteiger partial charge in [-0.1, -0.05) is 11.6 Å². The second-order valence-corrected chi connectivity index (χ2v) is 4.65. The van der Waals surface area contributed by atoms with Crippen LogP contribution in [0, 0.1) is 6.92 Å². The van der Waals surface area contributed by atoms with E-state index in [0.717, 1.165) is 17.7 Å². The molecule has 0 bridgehead atoms. The van der Waals surface area contributed by atoms with Crippen LogP contribution in [0.25, 0.3) is 0 Å². The van der Waals surface area contributed by atoms with Crippen molar-refractivity contribution >= 4 is 28.8 Å². The number of benzene rings is 1. The molecule has 1 aromatic carbocycles. The zero-order valence-corrected chi connectivity index (χ0v) is 11.2. The third-order valence-electron chi connectivity index (χ3n) is 2.70. The highest BCUT2D eigenvalue weighted by molar-refractivity contribution is 6.33. The van der Waals surface area contributed by atoms with Crippen molar-refractivity contribution < 1.29 is 13.2 Å². The molecule has 3 nitrogen and oxygen atoms in total. The Morgan fingerprint density at radius 2 is 1.95 bits per heavy atom. The molecule has 2 aromatic rings. The Morgan fingerprint density at radius 1 is 1.25 bits per heavy atom. The number of aryl methyl sites for hydroxylation is 1. The SMILES string of the molecule is Cc1cnc(Nc2ccc(C(F)(F)F)cc2Cl)cc1N. The molecule has 2 rings (SSSR count). The van der Waals surface area contributed by atoms with Crippen LogP contribution >= 0.6 is 11.6 Å². The van der Waals surface area contributed by atoms with Crippen LogP contribution in [-0.2, 0) is 6.18 Å². The molecule has 0 atom stereocenters. The van der Waals surface area contributed by atoms with Gasteiger partial charge in [0.1, 0.15) is 5.82 Å². The summed E-state index contributed by atoms with van der Waals surface area (Å²) in [5.41, 5.74) is 6.61. The summed E-state index contributed by atoms with van der Waals surface area (Å²) in [5.74, 6) is 0.412. The van der Waals surface area contributed by atoms with Crippen molar-refractivity contribution in [2.75, 3.05) is 11.1 Å². The van der Waals surface area contributed by atoms with Gasteiger partial charge in [-0.15, -0.1) is 0 Å². The van der Waals surface area contributed by atoms with Crippen molar-refractivity contribution in [3.8, 4) is 0 Å². The van der Waals surface area contributed by atoms with E-state index in [0.29, 0.717) is 17.2 Å². The number of nitrogens with two attached hydrogens (primary N) is 1. The summed E-state index contributed by atoms with van der Waals surface area (Å²) >= 11 is 5.83. The van der Waals surface area contributed by atoms with E-state index in [2.05, 4.69) is 10.3 Å². The van der Waals surface area contributed by atoms with Gasteiger partial charge in [0, 0.05) is 18.0 Å². The van der Waals surface area contributed by atoms with Gasteiger partial charge in [0.15, 0.2) is 0 Å². The largest absolute Gasteiger partial charge is 0.416 e. The number of nitrogens with one attached hydrogen (secondary N) is 1. The lowest BCUT2D eigenvalue weighted by molar-refractivity contribution is -0.137. The van der Waals surface area contributed by atoms with Crippen LogP contribution in [0.1, 0.15) is 11.1 Å². The maximum absolute atomic E-state index is 12.5. The van der Waals surface area contributed by atoms with Gasteiger partial charge in [0.2, 0.25) is 0 Å². The Morgan fingerprint density at radius 3 is 2.50 bits per heavy atom. The number of rotatable bonds is 2. The topological polar surface area (TPSA) is 50.9 Å². The van der Waals surface area contributed by atoms with Crippen LogP contribution in [0.15, 0.2) is 30.5 Å². The van der Waals surface area contributed by atoms with Crippen molar-refractivity contribution in [2.45, 2.75) is 13.1 Å². The minimum atomic E-state index is -4.42. The number of hydrogen-bond donors (Lipinski definition) is 2. The molecule has 0 amide bonds. The number of halogens is 4. The van der Waals surface area contributed by atoms with Crippen molar-refractivity contribution in [3.05, 3.63) is 46.6 Å². The Balaban J connectivity index is 2.28. The van der Waals surface area contributed by atoms with Crippen molar-refractivity contribution in [1.29, 1.82) is 0 Å². The second-order valence-electron chi connectivity index (χ2n) is 4.24. The highest BCUT2D eigenvalue weighted by Gasteiger charge is 2.30. The first-order valence-electron chi connectivity index (χ1n) is 5.63. The Hall–Kier alpha value is -1.95. The molecule has 7 heteroatoms. The van der Waals surface area contributed by atoms with E-state index in [4.69, 9.17) is 17.3 Å². The van der Waals surface area contributed by atoms with Gasteiger partial charge >= 0.3 is 6.18 Å². The van der Waals surface area contributed by atoms with E-state index in [1.165, 1.54) is 6.07 Å². The summed E-state index contributed by atoms with van der Waals surface area (Å²) in [7, 11) is 0. The zero-order chi connectivity index (χ0) is 14.9. The number of nitrogens with zero attached hydrogens (tertiary/aromatic N) is 1. The molecule has 3 N–H and O–H groups in total. The van der Waals surface area contributed by atoms with E-state index < -0.39 is 11.7 Å². The van der Waals surface area contributed by atoms with Gasteiger partial charge in [-0.2, -0.15) is 13.2 Å². The third kappa shape index (κ3) is 3.14. The van der Waals surface area contributed by atoms with E-state index in [9.17, 15) is 13.2 Å². The normalized spacial score (nSPS) is 11.4. The summed E-state index contributed by atoms with van der Waals surface area (Å²) < 4.78 is 37.5. The van der Waals surface area contributed by atoms with Gasteiger partial charge in [-0.25, -0.2) is 4.98 Å². The minimum absolute atomic E-state index is 0.0410. The molecule has 0 aliphatic heterocycles. The van der Waals surface area contributed by atoms with E-state index in [1.807, 2.05) is 0 Å². The molecule has 0 aliphatic rings. The number of alkyl halides is 3. The first-order chi connectivity index (χ1) is 9.27. The fraction of sp³-hybridized carbons (Fsp3) is 0.154. The number of hydrogen-bond acceptors (Lipinski definition) is 3. The van der Waals surface area contributed by atoms with Crippen LogP contribution in [0.5, 0.6) is 0 Å². The summed E-state index contributed by atoms with van der Waals surface area (Å²) in [5, 5.41) is 2.79. The fourth-order valence-electron chi connectivity index (χ4n) is 1.54. The second kappa shape index (κ2) is 5.20. The van der Waals surface area contributed by atoms with Crippen LogP contribution in [0.3, 0.4) is 0 Å². The molecule has 0 spiro atoms. The molecule has 20 heavy (non-hydrogen) atoms. The van der Waals surface area contributed by atoms with E-state index in [1.54, 1.807) is 19.2 Å². The molecule has 1 aromatic heterocycles. The van der Waals surface area contributed by atoms with Gasteiger partial charge < -0.3 is 11.1 Å². The minimum Gasteiger partial charge on any atom is -0.398 e. The molecular weight excluding hydrogens is 291 g/mol. The summed E-state index contributed by atoms with van der Waals surface area (Å²) in [6.07, 6.45) is -2.86. The summed E-state index contributed by atoms with van der Waals surface area (Å²) in [6, 6.07) is 4.65. The number of pyridine rings is 1. The highest BCUT2D eigenvalue weighted by Crippen LogP contribution is 2.34. The summed E-state index contributed by atoms with van der Waals surface area (Å²) in [6.45, 7) is 1.80. The predicted octanol–water partition coefficient (Wildman–Crippen LogP) is 4.39. The number of anilines is 3. The first-order valence-corrected chi connectivity index (χ1v) is 6.01. The van der Waals surface area contributed by atoms with Crippen molar-refractivity contribution in [3.63, 3.8) is 0 Å². The van der Waals surface area contributed by atoms with Crippen LogP contribution < -0.4 is 11.1 Å². The standard InChI is InChI=1S/C13H11ClF3N3/c1-7-6-19-12(5-10(7)18)20-11-3-2-8(4-9(11)14)13(15,16)17/h2-6H,1H3,(H3,18,19,20). The number of aromatic nitrogens is 1.